The number of carbonyl (C=O) groups excluding carboxylic acids is 1. The third-order valence-electron chi connectivity index (χ3n) is 4.83. The fourth-order valence-electron chi connectivity index (χ4n) is 3.47. The van der Waals surface area contributed by atoms with Gasteiger partial charge in [-0.2, -0.15) is 5.10 Å². The van der Waals surface area contributed by atoms with E-state index < -0.39 is 0 Å². The summed E-state index contributed by atoms with van der Waals surface area (Å²) in [7, 11) is 0. The first-order valence-electron chi connectivity index (χ1n) is 9.14. The Morgan fingerprint density at radius 2 is 1.54 bits per heavy atom. The van der Waals surface area contributed by atoms with E-state index in [1.807, 2.05) is 60.4 Å². The van der Waals surface area contributed by atoms with Gasteiger partial charge in [0.25, 0.3) is 5.91 Å². The van der Waals surface area contributed by atoms with Crippen LogP contribution in [0.2, 0.25) is 10.0 Å². The van der Waals surface area contributed by atoms with Crippen LogP contribution in [-0.2, 0) is 0 Å². The van der Waals surface area contributed by atoms with Gasteiger partial charge >= 0.3 is 0 Å². The lowest BCUT2D eigenvalue weighted by Gasteiger charge is -2.36. The molecule has 2 aromatic carbocycles. The maximum atomic E-state index is 13.2. The predicted molar refractivity (Wildman–Crippen MR) is 113 cm³/mol. The predicted octanol–water partition coefficient (Wildman–Crippen LogP) is 4.45. The highest BCUT2D eigenvalue weighted by Crippen LogP contribution is 2.26. The smallest absolute Gasteiger partial charge is 0.272 e. The van der Waals surface area contributed by atoms with Crippen molar-refractivity contribution in [3.05, 3.63) is 76.0 Å². The second-order valence-electron chi connectivity index (χ2n) is 6.83. The zero-order chi connectivity index (χ0) is 19.7. The Hall–Kier alpha value is -2.50. The van der Waals surface area contributed by atoms with Crippen LogP contribution in [0.3, 0.4) is 0 Å². The number of hydrogen-bond acceptors (Lipinski definition) is 3. The topological polar surface area (TPSA) is 41.4 Å². The van der Waals surface area contributed by atoms with E-state index in [2.05, 4.69) is 10.00 Å². The van der Waals surface area contributed by atoms with Crippen molar-refractivity contribution in [2.75, 3.05) is 31.1 Å². The maximum Gasteiger partial charge on any atom is 0.272 e. The summed E-state index contributed by atoms with van der Waals surface area (Å²) in [6.45, 7) is 4.60. The number of carbonyl (C=O) groups is 1. The Kier molecular flexibility index (Phi) is 5.29. The van der Waals surface area contributed by atoms with E-state index in [4.69, 9.17) is 23.2 Å². The van der Waals surface area contributed by atoms with Gasteiger partial charge in [0.1, 0.15) is 5.69 Å². The second kappa shape index (κ2) is 7.86. The summed E-state index contributed by atoms with van der Waals surface area (Å²) >= 11 is 12.2. The first-order valence-corrected chi connectivity index (χ1v) is 9.89. The van der Waals surface area contributed by atoms with E-state index in [-0.39, 0.29) is 5.91 Å². The molecule has 0 bridgehead atoms. The van der Waals surface area contributed by atoms with Crippen molar-refractivity contribution in [3.8, 4) is 5.69 Å². The van der Waals surface area contributed by atoms with Gasteiger partial charge in [-0.05, 0) is 43.3 Å². The van der Waals surface area contributed by atoms with Gasteiger partial charge in [0.2, 0.25) is 0 Å². The van der Waals surface area contributed by atoms with Gasteiger partial charge in [0, 0.05) is 41.9 Å². The van der Waals surface area contributed by atoms with Crippen LogP contribution in [0.4, 0.5) is 5.69 Å². The van der Waals surface area contributed by atoms with E-state index in [9.17, 15) is 4.79 Å². The quantitative estimate of drug-likeness (QED) is 0.635. The third kappa shape index (κ3) is 3.86. The molecule has 1 amide bonds. The number of rotatable bonds is 3. The number of amides is 1. The Bertz CT molecular complexity index is 975. The van der Waals surface area contributed by atoms with E-state index in [1.165, 1.54) is 0 Å². The first-order chi connectivity index (χ1) is 13.5. The van der Waals surface area contributed by atoms with Crippen LogP contribution >= 0.6 is 23.2 Å². The lowest BCUT2D eigenvalue weighted by molar-refractivity contribution is 0.0737. The number of halogens is 2. The molecule has 144 valence electrons. The molecule has 4 rings (SSSR count). The molecule has 5 nitrogen and oxygen atoms in total. The highest BCUT2D eigenvalue weighted by molar-refractivity contribution is 6.35. The molecule has 0 unspecified atom stereocenters. The first kappa shape index (κ1) is 18.8. The molecular weight excluding hydrogens is 395 g/mol. The van der Waals surface area contributed by atoms with E-state index in [0.717, 1.165) is 30.2 Å². The number of benzene rings is 2. The lowest BCUT2D eigenvalue weighted by atomic mass is 10.2. The molecule has 7 heteroatoms. The normalized spacial score (nSPS) is 14.4. The average Bonchev–Trinajstić information content (AvgIpc) is 3.09. The number of piperazine rings is 1. The molecule has 0 radical (unpaired) electrons. The van der Waals surface area contributed by atoms with Crippen molar-refractivity contribution >= 4 is 34.8 Å². The lowest BCUT2D eigenvalue weighted by Crippen LogP contribution is -2.49. The highest BCUT2D eigenvalue weighted by Gasteiger charge is 2.26. The molecule has 1 aliphatic heterocycles. The Morgan fingerprint density at radius 3 is 2.18 bits per heavy atom. The maximum absolute atomic E-state index is 13.2. The molecule has 0 atom stereocenters. The number of hydrogen-bond donors (Lipinski definition) is 0. The molecule has 3 aromatic rings. The van der Waals surface area contributed by atoms with Gasteiger partial charge in [-0.25, -0.2) is 4.68 Å². The molecule has 1 fully saturated rings. The Balaban J connectivity index is 1.51. The summed E-state index contributed by atoms with van der Waals surface area (Å²) in [5, 5.41) is 5.74. The molecular formula is C21H20Cl2N4O. The van der Waals surface area contributed by atoms with Gasteiger partial charge in [-0.1, -0.05) is 41.4 Å². The van der Waals surface area contributed by atoms with Crippen molar-refractivity contribution in [2.45, 2.75) is 6.92 Å². The molecule has 0 N–H and O–H groups in total. The van der Waals surface area contributed by atoms with Crippen molar-refractivity contribution in [1.29, 1.82) is 0 Å². The molecule has 2 heterocycles. The zero-order valence-corrected chi connectivity index (χ0v) is 17.0. The minimum Gasteiger partial charge on any atom is -0.368 e. The summed E-state index contributed by atoms with van der Waals surface area (Å²) < 4.78 is 1.72. The van der Waals surface area contributed by atoms with Gasteiger partial charge in [0.15, 0.2) is 0 Å². The Labute approximate surface area is 174 Å². The minimum absolute atomic E-state index is 0.00627. The fraction of sp³-hybridized carbons (Fsp3) is 0.238. The van der Waals surface area contributed by atoms with Crippen molar-refractivity contribution in [1.82, 2.24) is 14.7 Å². The van der Waals surface area contributed by atoms with E-state index >= 15 is 0 Å². The molecule has 1 aliphatic rings. The zero-order valence-electron chi connectivity index (χ0n) is 15.5. The fourth-order valence-corrected chi connectivity index (χ4v) is 3.98. The van der Waals surface area contributed by atoms with Gasteiger partial charge in [0.05, 0.1) is 11.4 Å². The largest absolute Gasteiger partial charge is 0.368 e. The van der Waals surface area contributed by atoms with Gasteiger partial charge < -0.3 is 9.80 Å². The van der Waals surface area contributed by atoms with Crippen LogP contribution in [0.25, 0.3) is 5.69 Å². The van der Waals surface area contributed by atoms with Crippen LogP contribution in [0, 0.1) is 6.92 Å². The number of nitrogens with zero attached hydrogens (tertiary/aromatic N) is 4. The number of aryl methyl sites for hydroxylation is 1. The average molecular weight is 415 g/mol. The molecule has 1 saturated heterocycles. The van der Waals surface area contributed by atoms with Crippen LogP contribution in [-0.4, -0.2) is 46.8 Å². The summed E-state index contributed by atoms with van der Waals surface area (Å²) in [6.07, 6.45) is 0. The van der Waals surface area contributed by atoms with E-state index in [0.29, 0.717) is 28.8 Å². The standard InChI is InChI=1S/C21H20Cl2N4O/c1-15-11-20(27(24-15)18-5-3-2-4-6-18)21(28)26-9-7-25(8-10-26)19-13-16(22)12-17(23)14-19/h2-6,11-14H,7-10H2,1H3. The monoisotopic (exact) mass is 414 g/mol. The molecule has 0 spiro atoms. The van der Waals surface area contributed by atoms with Crippen molar-refractivity contribution in [3.63, 3.8) is 0 Å². The summed E-state index contributed by atoms with van der Waals surface area (Å²) in [6, 6.07) is 17.1. The van der Waals surface area contributed by atoms with Gasteiger partial charge in [-0.15, -0.1) is 0 Å². The number of anilines is 1. The summed E-state index contributed by atoms with van der Waals surface area (Å²) in [5.41, 5.74) is 3.27. The van der Waals surface area contributed by atoms with Crippen molar-refractivity contribution in [2.24, 2.45) is 0 Å². The third-order valence-corrected chi connectivity index (χ3v) is 5.27. The van der Waals surface area contributed by atoms with Crippen LogP contribution in [0.15, 0.2) is 54.6 Å². The highest BCUT2D eigenvalue weighted by atomic mass is 35.5. The number of para-hydroxylation sites is 1. The SMILES string of the molecule is Cc1cc(C(=O)N2CCN(c3cc(Cl)cc(Cl)c3)CC2)n(-c2ccccc2)n1. The molecule has 0 aliphatic carbocycles. The molecule has 0 saturated carbocycles. The molecule has 28 heavy (non-hydrogen) atoms. The summed E-state index contributed by atoms with van der Waals surface area (Å²) in [4.78, 5) is 17.2. The van der Waals surface area contributed by atoms with E-state index in [1.54, 1.807) is 10.7 Å². The molecule has 1 aromatic heterocycles. The second-order valence-corrected chi connectivity index (χ2v) is 7.70. The summed E-state index contributed by atoms with van der Waals surface area (Å²) in [5.74, 6) is -0.00627. The van der Waals surface area contributed by atoms with Crippen LogP contribution in [0.5, 0.6) is 0 Å². The van der Waals surface area contributed by atoms with Crippen LogP contribution < -0.4 is 4.90 Å². The number of aromatic nitrogens is 2. The Morgan fingerprint density at radius 1 is 0.893 bits per heavy atom. The minimum atomic E-state index is -0.00627. The van der Waals surface area contributed by atoms with Crippen molar-refractivity contribution < 1.29 is 4.79 Å². The van der Waals surface area contributed by atoms with Crippen LogP contribution in [0.1, 0.15) is 16.2 Å². The van der Waals surface area contributed by atoms with Gasteiger partial charge in [-0.3, -0.25) is 4.79 Å².